The standard InChI is InChI=1S/C9H5BrClNO/c1-12-5-9(13)7-3-2-6(10)4-8(7)11/h2-4H,5H2. The van der Waals surface area contributed by atoms with E-state index in [-0.39, 0.29) is 12.3 Å². The molecule has 0 aliphatic rings. The van der Waals surface area contributed by atoms with Crippen molar-refractivity contribution in [1.82, 2.24) is 0 Å². The van der Waals surface area contributed by atoms with Gasteiger partial charge in [0.05, 0.1) is 5.02 Å². The van der Waals surface area contributed by atoms with Crippen molar-refractivity contribution >= 4 is 33.3 Å². The van der Waals surface area contributed by atoms with Crippen LogP contribution in [-0.4, -0.2) is 12.3 Å². The third-order valence-corrected chi connectivity index (χ3v) is 2.26. The molecule has 0 spiro atoms. The maximum Gasteiger partial charge on any atom is 0.276 e. The summed E-state index contributed by atoms with van der Waals surface area (Å²) in [5, 5.41) is 0.378. The van der Waals surface area contributed by atoms with E-state index in [0.29, 0.717) is 10.6 Å². The van der Waals surface area contributed by atoms with Gasteiger partial charge in [0, 0.05) is 10.0 Å². The lowest BCUT2D eigenvalue weighted by atomic mass is 10.1. The van der Waals surface area contributed by atoms with E-state index in [1.165, 1.54) is 0 Å². The van der Waals surface area contributed by atoms with E-state index in [9.17, 15) is 4.79 Å². The zero-order chi connectivity index (χ0) is 9.84. The van der Waals surface area contributed by atoms with Crippen molar-refractivity contribution in [3.63, 3.8) is 0 Å². The highest BCUT2D eigenvalue weighted by Gasteiger charge is 2.12. The topological polar surface area (TPSA) is 21.4 Å². The maximum absolute atomic E-state index is 11.3. The average Bonchev–Trinajstić information content (AvgIpc) is 2.04. The molecule has 1 aromatic rings. The lowest BCUT2D eigenvalue weighted by Crippen LogP contribution is -2.02. The molecule has 0 radical (unpaired) electrons. The number of hydrogen-bond donors (Lipinski definition) is 0. The smallest absolute Gasteiger partial charge is 0.276 e. The first-order valence-electron chi connectivity index (χ1n) is 3.46. The van der Waals surface area contributed by atoms with Crippen molar-refractivity contribution in [1.29, 1.82) is 0 Å². The SMILES string of the molecule is [C-]#[N+]CC(=O)c1ccc(Br)cc1Cl. The number of halogens is 2. The number of Topliss-reactive ketones (excluding diaryl/α,β-unsaturated/α-hetero) is 1. The van der Waals surface area contributed by atoms with E-state index in [1.54, 1.807) is 18.2 Å². The molecule has 0 bridgehead atoms. The second kappa shape index (κ2) is 4.40. The van der Waals surface area contributed by atoms with E-state index >= 15 is 0 Å². The van der Waals surface area contributed by atoms with E-state index in [1.807, 2.05) is 0 Å². The van der Waals surface area contributed by atoms with Crippen LogP contribution in [0.15, 0.2) is 22.7 Å². The van der Waals surface area contributed by atoms with Gasteiger partial charge in [0.25, 0.3) is 6.54 Å². The lowest BCUT2D eigenvalue weighted by molar-refractivity contribution is 0.101. The molecule has 0 aromatic heterocycles. The number of ketones is 1. The van der Waals surface area contributed by atoms with Crippen LogP contribution in [0.2, 0.25) is 5.02 Å². The summed E-state index contributed by atoms with van der Waals surface area (Å²) in [5.74, 6) is -0.243. The largest absolute Gasteiger partial charge is 0.308 e. The maximum atomic E-state index is 11.3. The van der Waals surface area contributed by atoms with Gasteiger partial charge in [-0.25, -0.2) is 6.57 Å². The summed E-state index contributed by atoms with van der Waals surface area (Å²) in [4.78, 5) is 14.3. The molecule has 0 unspecified atom stereocenters. The molecule has 66 valence electrons. The second-order valence-electron chi connectivity index (χ2n) is 2.36. The number of hydrogen-bond acceptors (Lipinski definition) is 1. The molecule has 0 fully saturated rings. The van der Waals surface area contributed by atoms with Gasteiger partial charge < -0.3 is 4.85 Å². The number of rotatable bonds is 2. The number of benzene rings is 1. The van der Waals surface area contributed by atoms with Crippen LogP contribution < -0.4 is 0 Å². The van der Waals surface area contributed by atoms with E-state index in [4.69, 9.17) is 18.2 Å². The van der Waals surface area contributed by atoms with Gasteiger partial charge in [-0.1, -0.05) is 27.5 Å². The third-order valence-electron chi connectivity index (χ3n) is 1.45. The molecular formula is C9H5BrClNO. The Kier molecular flexibility index (Phi) is 3.47. The van der Waals surface area contributed by atoms with Gasteiger partial charge in [-0.05, 0) is 18.2 Å². The Hall–Kier alpha value is -0.850. The Morgan fingerprint density at radius 1 is 1.62 bits per heavy atom. The Morgan fingerprint density at radius 2 is 2.31 bits per heavy atom. The number of nitrogens with zero attached hydrogens (tertiary/aromatic N) is 1. The zero-order valence-electron chi connectivity index (χ0n) is 6.55. The van der Waals surface area contributed by atoms with E-state index < -0.39 is 0 Å². The summed E-state index contributed by atoms with van der Waals surface area (Å²) >= 11 is 9.03. The van der Waals surface area contributed by atoms with Crippen molar-refractivity contribution in [2.45, 2.75) is 0 Å². The molecule has 0 amide bonds. The summed E-state index contributed by atoms with van der Waals surface area (Å²) in [6.07, 6.45) is 0. The van der Waals surface area contributed by atoms with Crippen molar-refractivity contribution in [2.75, 3.05) is 6.54 Å². The molecule has 0 saturated carbocycles. The fourth-order valence-corrected chi connectivity index (χ4v) is 1.65. The second-order valence-corrected chi connectivity index (χ2v) is 3.69. The van der Waals surface area contributed by atoms with Crippen LogP contribution in [0, 0.1) is 6.57 Å². The van der Waals surface area contributed by atoms with Gasteiger partial charge in [-0.2, -0.15) is 0 Å². The number of carbonyl (C=O) groups excluding carboxylic acids is 1. The molecule has 0 N–H and O–H groups in total. The van der Waals surface area contributed by atoms with Crippen molar-refractivity contribution in [3.05, 3.63) is 44.7 Å². The van der Waals surface area contributed by atoms with Gasteiger partial charge in [-0.15, -0.1) is 0 Å². The van der Waals surface area contributed by atoms with Gasteiger partial charge >= 0.3 is 0 Å². The lowest BCUT2D eigenvalue weighted by Gasteiger charge is -1.98. The summed E-state index contributed by atoms with van der Waals surface area (Å²) in [7, 11) is 0. The quantitative estimate of drug-likeness (QED) is 0.589. The average molecular weight is 259 g/mol. The highest BCUT2D eigenvalue weighted by molar-refractivity contribution is 9.10. The Morgan fingerprint density at radius 3 is 2.85 bits per heavy atom. The molecular weight excluding hydrogens is 253 g/mol. The highest BCUT2D eigenvalue weighted by atomic mass is 79.9. The molecule has 1 rings (SSSR count). The molecule has 1 aromatic carbocycles. The van der Waals surface area contributed by atoms with E-state index in [2.05, 4.69) is 20.8 Å². The molecule has 13 heavy (non-hydrogen) atoms. The van der Waals surface area contributed by atoms with Gasteiger partial charge in [0.2, 0.25) is 5.78 Å². The van der Waals surface area contributed by atoms with Crippen LogP contribution in [0.4, 0.5) is 0 Å². The van der Waals surface area contributed by atoms with Gasteiger partial charge in [0.15, 0.2) is 0 Å². The number of carbonyl (C=O) groups is 1. The normalized spacial score (nSPS) is 9.31. The van der Waals surface area contributed by atoms with Crippen LogP contribution in [0.5, 0.6) is 0 Å². The molecule has 0 atom stereocenters. The Balaban J connectivity index is 3.03. The zero-order valence-corrected chi connectivity index (χ0v) is 8.89. The van der Waals surface area contributed by atoms with Crippen molar-refractivity contribution < 1.29 is 4.79 Å². The minimum atomic E-state index is -0.243. The summed E-state index contributed by atoms with van der Waals surface area (Å²) in [6.45, 7) is 6.40. The van der Waals surface area contributed by atoms with Gasteiger partial charge in [-0.3, -0.25) is 4.79 Å². The first kappa shape index (κ1) is 10.2. The third kappa shape index (κ3) is 2.55. The molecule has 0 heterocycles. The monoisotopic (exact) mass is 257 g/mol. The van der Waals surface area contributed by atoms with Crippen LogP contribution >= 0.6 is 27.5 Å². The van der Waals surface area contributed by atoms with Crippen molar-refractivity contribution in [3.8, 4) is 0 Å². The molecule has 4 heteroatoms. The molecule has 2 nitrogen and oxygen atoms in total. The van der Waals surface area contributed by atoms with Crippen LogP contribution in [-0.2, 0) is 0 Å². The summed E-state index contributed by atoms with van der Waals surface area (Å²) in [5.41, 5.74) is 0.404. The van der Waals surface area contributed by atoms with Crippen LogP contribution in [0.1, 0.15) is 10.4 Å². The highest BCUT2D eigenvalue weighted by Crippen LogP contribution is 2.21. The molecule has 0 aliphatic carbocycles. The first-order chi connectivity index (χ1) is 6.15. The van der Waals surface area contributed by atoms with Gasteiger partial charge in [0.1, 0.15) is 0 Å². The van der Waals surface area contributed by atoms with Crippen LogP contribution in [0.3, 0.4) is 0 Å². The predicted molar refractivity (Wildman–Crippen MR) is 55.0 cm³/mol. The first-order valence-corrected chi connectivity index (χ1v) is 4.63. The Labute approximate surface area is 89.5 Å². The van der Waals surface area contributed by atoms with Crippen LogP contribution in [0.25, 0.3) is 4.85 Å². The van der Waals surface area contributed by atoms with E-state index in [0.717, 1.165) is 4.47 Å². The fourth-order valence-electron chi connectivity index (χ4n) is 0.873. The predicted octanol–water partition coefficient (Wildman–Crippen LogP) is 3.20. The molecule has 0 saturated heterocycles. The molecule has 0 aliphatic heterocycles. The minimum absolute atomic E-state index is 0.151. The summed E-state index contributed by atoms with van der Waals surface area (Å²) < 4.78 is 0.817. The minimum Gasteiger partial charge on any atom is -0.308 e. The van der Waals surface area contributed by atoms with Crippen molar-refractivity contribution in [2.24, 2.45) is 0 Å². The summed E-state index contributed by atoms with van der Waals surface area (Å²) in [6, 6.07) is 4.97. The fraction of sp³-hybridized carbons (Fsp3) is 0.111. The Bertz CT molecular complexity index is 384.